The van der Waals surface area contributed by atoms with E-state index in [0.717, 1.165) is 11.3 Å². The van der Waals surface area contributed by atoms with Crippen LogP contribution in [0.15, 0.2) is 42.7 Å². The van der Waals surface area contributed by atoms with Gasteiger partial charge in [-0.1, -0.05) is 29.8 Å². The van der Waals surface area contributed by atoms with Crippen LogP contribution in [0.5, 0.6) is 0 Å². The van der Waals surface area contributed by atoms with Gasteiger partial charge in [0.15, 0.2) is 0 Å². The number of nitrogens with zero attached hydrogens (tertiary/aromatic N) is 4. The van der Waals surface area contributed by atoms with Crippen molar-refractivity contribution in [3.8, 4) is 0 Å². The van der Waals surface area contributed by atoms with Crippen molar-refractivity contribution >= 4 is 17.5 Å². The Bertz CT molecular complexity index is 955. The number of carbonyl (C=O) groups excluding carboxylic acids is 2. The first-order chi connectivity index (χ1) is 12.9. The Labute approximate surface area is 157 Å². The highest BCUT2D eigenvalue weighted by Gasteiger charge is 2.13. The van der Waals surface area contributed by atoms with Gasteiger partial charge in [-0.05, 0) is 25.5 Å². The van der Waals surface area contributed by atoms with Crippen LogP contribution in [0.3, 0.4) is 0 Å². The van der Waals surface area contributed by atoms with E-state index in [0.29, 0.717) is 17.9 Å². The number of aromatic nitrogens is 4. The minimum absolute atomic E-state index is 0.133. The molecule has 0 aliphatic heterocycles. The minimum atomic E-state index is -0.344. The van der Waals surface area contributed by atoms with Crippen molar-refractivity contribution in [1.82, 2.24) is 24.9 Å². The molecule has 0 spiro atoms. The second-order valence-electron chi connectivity index (χ2n) is 6.44. The molecule has 2 amide bonds. The van der Waals surface area contributed by atoms with Gasteiger partial charge in [-0.25, -0.2) is 0 Å². The summed E-state index contributed by atoms with van der Waals surface area (Å²) in [6.45, 7) is 4.33. The maximum atomic E-state index is 12.1. The summed E-state index contributed by atoms with van der Waals surface area (Å²) in [5, 5.41) is 13.7. The normalized spacial score (nSPS) is 10.6. The third-order valence-corrected chi connectivity index (χ3v) is 4.03. The standard InChI is InChI=1S/C19H22N6O2/c1-13-4-6-15(7-5-13)11-25-12-16(9-21-25)22-18(26)10-20-19(27)17-8-14(2)23-24(17)3/h4-9,12H,10-11H2,1-3H3,(H,20,27)(H,22,26). The van der Waals surface area contributed by atoms with E-state index >= 15 is 0 Å². The molecule has 3 rings (SSSR count). The van der Waals surface area contributed by atoms with Gasteiger partial charge in [0.1, 0.15) is 5.69 Å². The summed E-state index contributed by atoms with van der Waals surface area (Å²) in [6, 6.07) is 9.86. The van der Waals surface area contributed by atoms with Crippen LogP contribution in [0.25, 0.3) is 0 Å². The summed E-state index contributed by atoms with van der Waals surface area (Å²) in [4.78, 5) is 24.2. The lowest BCUT2D eigenvalue weighted by Crippen LogP contribution is -2.33. The van der Waals surface area contributed by atoms with E-state index in [4.69, 9.17) is 0 Å². The van der Waals surface area contributed by atoms with Crippen LogP contribution in [0.2, 0.25) is 0 Å². The fraction of sp³-hybridized carbons (Fsp3) is 0.263. The van der Waals surface area contributed by atoms with E-state index in [2.05, 4.69) is 20.8 Å². The third kappa shape index (κ3) is 4.81. The summed E-state index contributed by atoms with van der Waals surface area (Å²) < 4.78 is 3.23. The zero-order valence-corrected chi connectivity index (χ0v) is 15.6. The van der Waals surface area contributed by atoms with E-state index in [1.54, 1.807) is 37.1 Å². The fourth-order valence-corrected chi connectivity index (χ4v) is 2.67. The van der Waals surface area contributed by atoms with Crippen LogP contribution in [-0.2, 0) is 18.4 Å². The first kappa shape index (κ1) is 18.4. The average molecular weight is 366 g/mol. The molecule has 27 heavy (non-hydrogen) atoms. The van der Waals surface area contributed by atoms with Crippen LogP contribution in [-0.4, -0.2) is 37.9 Å². The van der Waals surface area contributed by atoms with Gasteiger partial charge in [-0.3, -0.25) is 19.0 Å². The number of aryl methyl sites for hydroxylation is 3. The molecule has 0 unspecified atom stereocenters. The van der Waals surface area contributed by atoms with Gasteiger partial charge in [0.05, 0.1) is 30.7 Å². The molecular weight excluding hydrogens is 344 g/mol. The molecule has 8 nitrogen and oxygen atoms in total. The lowest BCUT2D eigenvalue weighted by atomic mass is 10.1. The lowest BCUT2D eigenvalue weighted by molar-refractivity contribution is -0.115. The molecule has 140 valence electrons. The summed E-state index contributed by atoms with van der Waals surface area (Å²) in [6.07, 6.45) is 3.34. The Morgan fingerprint density at radius 2 is 1.89 bits per heavy atom. The molecule has 3 aromatic rings. The molecule has 0 atom stereocenters. The molecule has 0 fully saturated rings. The topological polar surface area (TPSA) is 93.8 Å². The molecule has 0 radical (unpaired) electrons. The number of amides is 2. The van der Waals surface area contributed by atoms with Crippen LogP contribution in [0, 0.1) is 13.8 Å². The Balaban J connectivity index is 1.51. The molecular formula is C19H22N6O2. The first-order valence-corrected chi connectivity index (χ1v) is 8.57. The van der Waals surface area contributed by atoms with Crippen molar-refractivity contribution in [2.24, 2.45) is 7.05 Å². The third-order valence-electron chi connectivity index (χ3n) is 4.03. The van der Waals surface area contributed by atoms with E-state index in [-0.39, 0.29) is 18.4 Å². The predicted molar refractivity (Wildman–Crippen MR) is 101 cm³/mol. The number of rotatable bonds is 6. The number of hydrogen-bond donors (Lipinski definition) is 2. The number of hydrogen-bond acceptors (Lipinski definition) is 4. The van der Waals surface area contributed by atoms with Gasteiger partial charge in [-0.2, -0.15) is 10.2 Å². The Morgan fingerprint density at radius 3 is 2.56 bits per heavy atom. The highest BCUT2D eigenvalue weighted by molar-refractivity contribution is 5.98. The lowest BCUT2D eigenvalue weighted by Gasteiger charge is -2.05. The SMILES string of the molecule is Cc1ccc(Cn2cc(NC(=O)CNC(=O)c3cc(C)nn3C)cn2)cc1. The first-order valence-electron chi connectivity index (χ1n) is 8.57. The van der Waals surface area contributed by atoms with Crippen LogP contribution >= 0.6 is 0 Å². The van der Waals surface area contributed by atoms with Crippen molar-refractivity contribution < 1.29 is 9.59 Å². The minimum Gasteiger partial charge on any atom is -0.342 e. The zero-order chi connectivity index (χ0) is 19.4. The van der Waals surface area contributed by atoms with Crippen molar-refractivity contribution in [1.29, 1.82) is 0 Å². The van der Waals surface area contributed by atoms with Gasteiger partial charge in [0.2, 0.25) is 5.91 Å². The van der Waals surface area contributed by atoms with Gasteiger partial charge in [0, 0.05) is 13.2 Å². The highest BCUT2D eigenvalue weighted by Crippen LogP contribution is 2.09. The summed E-state index contributed by atoms with van der Waals surface area (Å²) >= 11 is 0. The van der Waals surface area contributed by atoms with Crippen molar-refractivity contribution in [2.75, 3.05) is 11.9 Å². The molecule has 0 bridgehead atoms. The van der Waals surface area contributed by atoms with Gasteiger partial charge >= 0.3 is 0 Å². The molecule has 2 N–H and O–H groups in total. The molecule has 2 aromatic heterocycles. The monoisotopic (exact) mass is 366 g/mol. The van der Waals surface area contributed by atoms with Gasteiger partial charge in [0.25, 0.3) is 5.91 Å². The number of anilines is 1. The molecule has 0 aliphatic rings. The quantitative estimate of drug-likeness (QED) is 0.694. The zero-order valence-electron chi connectivity index (χ0n) is 15.6. The van der Waals surface area contributed by atoms with Crippen LogP contribution < -0.4 is 10.6 Å². The highest BCUT2D eigenvalue weighted by atomic mass is 16.2. The smallest absolute Gasteiger partial charge is 0.269 e. The summed E-state index contributed by atoms with van der Waals surface area (Å²) in [7, 11) is 1.68. The number of nitrogens with one attached hydrogen (secondary N) is 2. The average Bonchev–Trinajstić information content (AvgIpc) is 3.20. The van der Waals surface area contributed by atoms with E-state index in [1.807, 2.05) is 31.2 Å². The van der Waals surface area contributed by atoms with Crippen molar-refractivity contribution in [3.63, 3.8) is 0 Å². The van der Waals surface area contributed by atoms with E-state index < -0.39 is 0 Å². The molecule has 1 aromatic carbocycles. The largest absolute Gasteiger partial charge is 0.342 e. The van der Waals surface area contributed by atoms with Crippen molar-refractivity contribution in [3.05, 3.63) is 65.2 Å². The molecule has 0 saturated heterocycles. The van der Waals surface area contributed by atoms with E-state index in [9.17, 15) is 9.59 Å². The second kappa shape index (κ2) is 7.86. The Hall–Kier alpha value is -3.42. The molecule has 0 aliphatic carbocycles. The van der Waals surface area contributed by atoms with Crippen LogP contribution in [0.1, 0.15) is 27.3 Å². The maximum Gasteiger partial charge on any atom is 0.269 e. The summed E-state index contributed by atoms with van der Waals surface area (Å²) in [5.41, 5.74) is 4.06. The van der Waals surface area contributed by atoms with Gasteiger partial charge < -0.3 is 10.6 Å². The second-order valence-corrected chi connectivity index (χ2v) is 6.44. The maximum absolute atomic E-state index is 12.1. The summed E-state index contributed by atoms with van der Waals surface area (Å²) in [5.74, 6) is -0.666. The molecule has 2 heterocycles. The predicted octanol–water partition coefficient (Wildman–Crippen LogP) is 1.65. The van der Waals surface area contributed by atoms with Gasteiger partial charge in [-0.15, -0.1) is 0 Å². The van der Waals surface area contributed by atoms with E-state index in [1.165, 1.54) is 10.2 Å². The molecule has 0 saturated carbocycles. The Morgan fingerprint density at radius 1 is 1.15 bits per heavy atom. The fourth-order valence-electron chi connectivity index (χ4n) is 2.67. The Kier molecular flexibility index (Phi) is 5.35. The van der Waals surface area contributed by atoms with Crippen molar-refractivity contribution in [2.45, 2.75) is 20.4 Å². The molecule has 8 heteroatoms. The number of benzene rings is 1. The van der Waals surface area contributed by atoms with Crippen LogP contribution in [0.4, 0.5) is 5.69 Å². The number of carbonyl (C=O) groups is 2.